The smallest absolute Gasteiger partial charge is 0.303 e. The lowest BCUT2D eigenvalue weighted by molar-refractivity contribution is -0.137. The molecule has 0 saturated heterocycles. The Hall–Kier alpha value is -0.650. The molecule has 23 heavy (non-hydrogen) atoms. The molecule has 0 radical (unpaired) electrons. The van der Waals surface area contributed by atoms with E-state index in [0.717, 1.165) is 70.6 Å². The molecule has 2 atom stereocenters. The van der Waals surface area contributed by atoms with Gasteiger partial charge in [-0.15, -0.1) is 0 Å². The molecule has 0 rings (SSSR count). The van der Waals surface area contributed by atoms with Gasteiger partial charge in [0.2, 0.25) is 0 Å². The van der Waals surface area contributed by atoms with Crippen LogP contribution in [0.5, 0.6) is 0 Å². The van der Waals surface area contributed by atoms with Gasteiger partial charge in [-0.1, -0.05) is 57.8 Å². The third-order valence-electron chi connectivity index (χ3n) is 4.24. The summed E-state index contributed by atoms with van der Waals surface area (Å²) < 4.78 is 0. The van der Waals surface area contributed by atoms with Gasteiger partial charge in [0.05, 0.1) is 12.2 Å². The van der Waals surface area contributed by atoms with Crippen molar-refractivity contribution in [1.82, 2.24) is 0 Å². The number of carboxylic acid groups (broad SMARTS) is 1. The zero-order valence-corrected chi connectivity index (χ0v) is 14.5. The Bertz CT molecular complexity index is 270. The first-order valence-electron chi connectivity index (χ1n) is 9.26. The molecule has 138 valence electrons. The van der Waals surface area contributed by atoms with Crippen molar-refractivity contribution in [2.75, 3.05) is 6.61 Å². The molecule has 5 heteroatoms. The molecule has 0 saturated carbocycles. The maximum atomic E-state index is 10.4. The van der Waals surface area contributed by atoms with Gasteiger partial charge in [0.15, 0.2) is 0 Å². The number of rotatable bonds is 17. The number of aliphatic hydroxyl groups excluding tert-OH is 3. The Morgan fingerprint density at radius 1 is 0.652 bits per heavy atom. The van der Waals surface area contributed by atoms with Gasteiger partial charge < -0.3 is 20.4 Å². The van der Waals surface area contributed by atoms with Gasteiger partial charge in [-0.3, -0.25) is 4.79 Å². The van der Waals surface area contributed by atoms with Gasteiger partial charge in [-0.25, -0.2) is 0 Å². The number of hydrogen-bond acceptors (Lipinski definition) is 4. The van der Waals surface area contributed by atoms with E-state index in [1.54, 1.807) is 0 Å². The summed E-state index contributed by atoms with van der Waals surface area (Å²) in [6, 6.07) is 0. The first-order chi connectivity index (χ1) is 11.1. The van der Waals surface area contributed by atoms with Crippen molar-refractivity contribution in [2.24, 2.45) is 0 Å². The van der Waals surface area contributed by atoms with Crippen LogP contribution < -0.4 is 0 Å². The number of aliphatic hydroxyl groups is 3. The second kappa shape index (κ2) is 16.2. The highest BCUT2D eigenvalue weighted by Gasteiger charge is 2.15. The molecule has 0 unspecified atom stereocenters. The maximum absolute atomic E-state index is 10.4. The Labute approximate surface area is 140 Å². The molecule has 4 N–H and O–H groups in total. The van der Waals surface area contributed by atoms with Crippen molar-refractivity contribution in [2.45, 2.75) is 102 Å². The highest BCUT2D eigenvalue weighted by atomic mass is 16.4. The summed E-state index contributed by atoms with van der Waals surface area (Å²) in [4.78, 5) is 10.4. The van der Waals surface area contributed by atoms with Crippen molar-refractivity contribution < 1.29 is 25.2 Å². The molecule has 0 aliphatic heterocycles. The second-order valence-electron chi connectivity index (χ2n) is 6.47. The van der Waals surface area contributed by atoms with Crippen molar-refractivity contribution in [3.8, 4) is 0 Å². The topological polar surface area (TPSA) is 98.0 Å². The molecule has 0 amide bonds. The minimum absolute atomic E-state index is 0.237. The summed E-state index contributed by atoms with van der Waals surface area (Å²) in [6.45, 7) is 0.268. The van der Waals surface area contributed by atoms with Crippen LogP contribution >= 0.6 is 0 Å². The van der Waals surface area contributed by atoms with Crippen LogP contribution in [-0.2, 0) is 4.79 Å². The molecule has 0 bridgehead atoms. The molecule has 0 aromatic heterocycles. The van der Waals surface area contributed by atoms with Gasteiger partial charge in [0.25, 0.3) is 0 Å². The predicted octanol–water partition coefficient (Wildman–Crippen LogP) is 3.25. The quantitative estimate of drug-likeness (QED) is 0.307. The van der Waals surface area contributed by atoms with Crippen molar-refractivity contribution in [3.05, 3.63) is 0 Å². The van der Waals surface area contributed by atoms with E-state index in [0.29, 0.717) is 12.8 Å². The van der Waals surface area contributed by atoms with Crippen molar-refractivity contribution >= 4 is 5.97 Å². The van der Waals surface area contributed by atoms with E-state index in [2.05, 4.69) is 0 Å². The van der Waals surface area contributed by atoms with E-state index < -0.39 is 18.2 Å². The first kappa shape index (κ1) is 22.4. The third kappa shape index (κ3) is 16.0. The molecule has 0 spiro atoms. The Morgan fingerprint density at radius 2 is 1.04 bits per heavy atom. The van der Waals surface area contributed by atoms with E-state index in [1.165, 1.54) is 0 Å². The predicted molar refractivity (Wildman–Crippen MR) is 91.4 cm³/mol. The van der Waals surface area contributed by atoms with Gasteiger partial charge in [-0.05, 0) is 25.7 Å². The van der Waals surface area contributed by atoms with Gasteiger partial charge in [0.1, 0.15) is 0 Å². The molecule has 5 nitrogen and oxygen atoms in total. The van der Waals surface area contributed by atoms with Crippen LogP contribution in [-0.4, -0.2) is 45.2 Å². The van der Waals surface area contributed by atoms with Crippen LogP contribution in [0.2, 0.25) is 0 Å². The lowest BCUT2D eigenvalue weighted by Gasteiger charge is -2.17. The normalized spacial score (nSPS) is 13.9. The lowest BCUT2D eigenvalue weighted by Crippen LogP contribution is -2.25. The largest absolute Gasteiger partial charge is 0.481 e. The first-order valence-corrected chi connectivity index (χ1v) is 9.26. The monoisotopic (exact) mass is 332 g/mol. The molecular formula is C18H36O5. The molecular weight excluding hydrogens is 296 g/mol. The van der Waals surface area contributed by atoms with Crippen LogP contribution in [0.15, 0.2) is 0 Å². The summed E-state index contributed by atoms with van der Waals surface area (Å²) in [7, 11) is 0. The van der Waals surface area contributed by atoms with Crippen molar-refractivity contribution in [3.63, 3.8) is 0 Å². The fourth-order valence-corrected chi connectivity index (χ4v) is 2.72. The average molecular weight is 332 g/mol. The SMILES string of the molecule is O=C(O)CCCCCCC[C@H](O)[C@@H](O)CCCCCCCCO. The van der Waals surface area contributed by atoms with E-state index in [-0.39, 0.29) is 13.0 Å². The standard InChI is InChI=1S/C18H36O5/c19-15-11-7-2-1-4-8-12-16(20)17(21)13-9-5-3-6-10-14-18(22)23/h16-17,19-21H,1-15H2,(H,22,23)/t16-,17-/m0/s1. The summed E-state index contributed by atoms with van der Waals surface area (Å²) in [5.41, 5.74) is 0. The van der Waals surface area contributed by atoms with Crippen LogP contribution in [0.1, 0.15) is 89.9 Å². The number of hydrogen-bond donors (Lipinski definition) is 4. The molecule has 0 aromatic carbocycles. The maximum Gasteiger partial charge on any atom is 0.303 e. The highest BCUT2D eigenvalue weighted by molar-refractivity contribution is 5.66. The fraction of sp³-hybridized carbons (Fsp3) is 0.944. The van der Waals surface area contributed by atoms with E-state index in [1.807, 2.05) is 0 Å². The summed E-state index contributed by atoms with van der Waals surface area (Å²) in [5, 5.41) is 37.0. The summed E-state index contributed by atoms with van der Waals surface area (Å²) in [6.07, 6.45) is 10.9. The zero-order valence-electron chi connectivity index (χ0n) is 14.5. The summed E-state index contributed by atoms with van der Waals surface area (Å²) in [5.74, 6) is -0.739. The second-order valence-corrected chi connectivity index (χ2v) is 6.47. The van der Waals surface area contributed by atoms with Gasteiger partial charge in [0, 0.05) is 13.0 Å². The van der Waals surface area contributed by atoms with Gasteiger partial charge in [-0.2, -0.15) is 0 Å². The molecule has 0 aromatic rings. The fourth-order valence-electron chi connectivity index (χ4n) is 2.72. The van der Waals surface area contributed by atoms with Gasteiger partial charge >= 0.3 is 5.97 Å². The number of aliphatic carboxylic acids is 1. The van der Waals surface area contributed by atoms with E-state index in [4.69, 9.17) is 10.2 Å². The Balaban J connectivity index is 3.37. The minimum Gasteiger partial charge on any atom is -0.481 e. The van der Waals surface area contributed by atoms with Crippen LogP contribution in [0.25, 0.3) is 0 Å². The van der Waals surface area contributed by atoms with E-state index >= 15 is 0 Å². The van der Waals surface area contributed by atoms with Crippen LogP contribution in [0.4, 0.5) is 0 Å². The van der Waals surface area contributed by atoms with Crippen LogP contribution in [0.3, 0.4) is 0 Å². The third-order valence-corrected chi connectivity index (χ3v) is 4.24. The minimum atomic E-state index is -0.739. The van der Waals surface area contributed by atoms with E-state index in [9.17, 15) is 15.0 Å². The number of carboxylic acids is 1. The van der Waals surface area contributed by atoms with Crippen molar-refractivity contribution in [1.29, 1.82) is 0 Å². The molecule has 0 fully saturated rings. The Kier molecular flexibility index (Phi) is 15.8. The number of unbranched alkanes of at least 4 members (excludes halogenated alkanes) is 9. The van der Waals surface area contributed by atoms with Crippen LogP contribution in [0, 0.1) is 0 Å². The number of carbonyl (C=O) groups is 1. The highest BCUT2D eigenvalue weighted by Crippen LogP contribution is 2.15. The zero-order chi connectivity index (χ0) is 17.3. The lowest BCUT2D eigenvalue weighted by atomic mass is 9.99. The molecule has 0 heterocycles. The molecule has 0 aliphatic carbocycles. The summed E-state index contributed by atoms with van der Waals surface area (Å²) >= 11 is 0. The Morgan fingerprint density at radius 3 is 1.48 bits per heavy atom. The average Bonchev–Trinajstić information content (AvgIpc) is 2.52. The molecule has 0 aliphatic rings.